The first-order valence-corrected chi connectivity index (χ1v) is 9.45. The van der Waals surface area contributed by atoms with Crippen molar-refractivity contribution in [3.63, 3.8) is 0 Å². The molecule has 0 aliphatic carbocycles. The van der Waals surface area contributed by atoms with Crippen molar-refractivity contribution in [3.05, 3.63) is 24.3 Å². The SMILES string of the molecule is CC(C)(C)OC(=O)N1CCC[C@H]1CNS(=O)(=O)Oc1ccccc1O. The molecule has 0 radical (unpaired) electrons. The highest BCUT2D eigenvalue weighted by Gasteiger charge is 2.33. The number of likely N-dealkylation sites (tertiary alicyclic amines) is 1. The van der Waals surface area contributed by atoms with Crippen molar-refractivity contribution in [2.75, 3.05) is 13.1 Å². The number of hydrogen-bond acceptors (Lipinski definition) is 6. The van der Waals surface area contributed by atoms with Crippen molar-refractivity contribution in [1.82, 2.24) is 9.62 Å². The van der Waals surface area contributed by atoms with Crippen LogP contribution in [0.25, 0.3) is 0 Å². The molecule has 1 aliphatic heterocycles. The van der Waals surface area contributed by atoms with Gasteiger partial charge in [-0.1, -0.05) is 12.1 Å². The van der Waals surface area contributed by atoms with Gasteiger partial charge in [-0.05, 0) is 45.7 Å². The predicted octanol–water partition coefficient (Wildman–Crippen LogP) is 2.00. The van der Waals surface area contributed by atoms with Gasteiger partial charge in [-0.25, -0.2) is 4.79 Å². The summed E-state index contributed by atoms with van der Waals surface area (Å²) in [7, 11) is -4.12. The summed E-state index contributed by atoms with van der Waals surface area (Å²) in [5.41, 5.74) is -0.613. The fourth-order valence-corrected chi connectivity index (χ4v) is 3.32. The minimum atomic E-state index is -4.12. The van der Waals surface area contributed by atoms with E-state index in [0.29, 0.717) is 13.0 Å². The van der Waals surface area contributed by atoms with Crippen LogP contribution in [0.5, 0.6) is 11.5 Å². The number of amides is 1. The normalized spacial score (nSPS) is 18.2. The molecular weight excluding hydrogens is 348 g/mol. The number of nitrogens with one attached hydrogen (secondary N) is 1. The largest absolute Gasteiger partial charge is 0.504 e. The summed E-state index contributed by atoms with van der Waals surface area (Å²) >= 11 is 0. The van der Waals surface area contributed by atoms with Crippen LogP contribution in [0.2, 0.25) is 0 Å². The van der Waals surface area contributed by atoms with Gasteiger partial charge in [-0.2, -0.15) is 13.1 Å². The number of carbonyl (C=O) groups excluding carboxylic acids is 1. The number of phenolic OH excluding ortho intramolecular Hbond substituents is 1. The van der Waals surface area contributed by atoms with Crippen LogP contribution in [0.4, 0.5) is 4.79 Å². The number of benzene rings is 1. The van der Waals surface area contributed by atoms with Crippen LogP contribution in [-0.2, 0) is 15.0 Å². The number of rotatable bonds is 5. The monoisotopic (exact) mass is 372 g/mol. The van der Waals surface area contributed by atoms with Crippen LogP contribution < -0.4 is 8.91 Å². The van der Waals surface area contributed by atoms with Crippen molar-refractivity contribution >= 4 is 16.4 Å². The van der Waals surface area contributed by atoms with Gasteiger partial charge in [-0.15, -0.1) is 0 Å². The molecule has 9 heteroatoms. The molecule has 1 saturated heterocycles. The van der Waals surface area contributed by atoms with E-state index in [0.717, 1.165) is 6.42 Å². The van der Waals surface area contributed by atoms with Crippen molar-refractivity contribution in [2.45, 2.75) is 45.3 Å². The lowest BCUT2D eigenvalue weighted by atomic mass is 10.2. The number of phenols is 1. The molecule has 2 rings (SSSR count). The summed E-state index contributed by atoms with van der Waals surface area (Å²) in [6.07, 6.45) is 0.973. The number of para-hydroxylation sites is 2. The first kappa shape index (κ1) is 19.3. The predicted molar refractivity (Wildman–Crippen MR) is 91.6 cm³/mol. The second-order valence-electron chi connectivity index (χ2n) is 6.82. The van der Waals surface area contributed by atoms with Crippen LogP contribution in [0.1, 0.15) is 33.6 Å². The van der Waals surface area contributed by atoms with Gasteiger partial charge in [-0.3, -0.25) is 0 Å². The lowest BCUT2D eigenvalue weighted by Gasteiger charge is -2.28. The Balaban J connectivity index is 1.95. The van der Waals surface area contributed by atoms with Crippen LogP contribution >= 0.6 is 0 Å². The smallest absolute Gasteiger partial charge is 0.410 e. The van der Waals surface area contributed by atoms with Crippen molar-refractivity contribution in [3.8, 4) is 11.5 Å². The summed E-state index contributed by atoms with van der Waals surface area (Å²) < 4.78 is 36.6. The number of carbonyl (C=O) groups is 1. The number of aromatic hydroxyl groups is 1. The third-order valence-corrected chi connectivity index (χ3v) is 4.48. The van der Waals surface area contributed by atoms with E-state index in [2.05, 4.69) is 4.72 Å². The van der Waals surface area contributed by atoms with Gasteiger partial charge in [0.1, 0.15) is 5.60 Å². The zero-order valence-electron chi connectivity index (χ0n) is 14.6. The molecule has 1 aliphatic rings. The molecule has 1 atom stereocenters. The van der Waals surface area contributed by atoms with E-state index in [1.165, 1.54) is 17.0 Å². The standard InChI is InChI=1S/C16H24N2O6S/c1-16(2,3)23-15(20)18-10-6-7-12(18)11-17-25(21,22)24-14-9-5-4-8-13(14)19/h4-5,8-9,12,17,19H,6-7,10-11H2,1-3H3/t12-/m0/s1. The third kappa shape index (κ3) is 5.79. The van der Waals surface area contributed by atoms with Crippen molar-refractivity contribution in [1.29, 1.82) is 0 Å². The molecule has 0 unspecified atom stereocenters. The van der Waals surface area contributed by atoms with Gasteiger partial charge in [0, 0.05) is 19.1 Å². The average Bonchev–Trinajstić information content (AvgIpc) is 2.94. The van der Waals surface area contributed by atoms with Gasteiger partial charge < -0.3 is 18.9 Å². The Labute approximate surface area is 148 Å². The highest BCUT2D eigenvalue weighted by Crippen LogP contribution is 2.26. The van der Waals surface area contributed by atoms with Gasteiger partial charge in [0.2, 0.25) is 0 Å². The second-order valence-corrected chi connectivity index (χ2v) is 8.19. The summed E-state index contributed by atoms with van der Waals surface area (Å²) in [5, 5.41) is 9.59. The molecule has 140 valence electrons. The van der Waals surface area contributed by atoms with Gasteiger partial charge in [0.15, 0.2) is 11.5 Å². The Kier molecular flexibility index (Phi) is 5.79. The van der Waals surface area contributed by atoms with Gasteiger partial charge >= 0.3 is 16.4 Å². The minimum absolute atomic E-state index is 0.00910. The quantitative estimate of drug-likeness (QED) is 0.819. The molecular formula is C16H24N2O6S. The zero-order valence-corrected chi connectivity index (χ0v) is 15.4. The highest BCUT2D eigenvalue weighted by molar-refractivity contribution is 7.85. The number of ether oxygens (including phenoxy) is 1. The molecule has 0 bridgehead atoms. The Morgan fingerprint density at radius 2 is 2.04 bits per heavy atom. The average molecular weight is 372 g/mol. The number of nitrogens with zero attached hydrogens (tertiary/aromatic N) is 1. The molecule has 8 nitrogen and oxygen atoms in total. The topological polar surface area (TPSA) is 105 Å². The molecule has 1 fully saturated rings. The molecule has 1 aromatic rings. The fourth-order valence-electron chi connectivity index (χ4n) is 2.48. The van der Waals surface area contributed by atoms with Crippen molar-refractivity contribution < 1.29 is 27.2 Å². The molecule has 0 saturated carbocycles. The fraction of sp³-hybridized carbons (Fsp3) is 0.562. The molecule has 0 spiro atoms. The maximum atomic E-state index is 12.2. The van der Waals surface area contributed by atoms with Crippen molar-refractivity contribution in [2.24, 2.45) is 0 Å². The maximum Gasteiger partial charge on any atom is 0.410 e. The van der Waals surface area contributed by atoms with Gasteiger partial charge in [0.25, 0.3) is 0 Å². The zero-order chi connectivity index (χ0) is 18.7. The molecule has 1 amide bonds. The Morgan fingerprint density at radius 3 is 2.68 bits per heavy atom. The lowest BCUT2D eigenvalue weighted by Crippen LogP contribution is -2.45. The van der Waals surface area contributed by atoms with Crippen LogP contribution in [0.3, 0.4) is 0 Å². The number of hydrogen-bond donors (Lipinski definition) is 2. The van der Waals surface area contributed by atoms with E-state index in [1.54, 1.807) is 32.9 Å². The second kappa shape index (κ2) is 7.49. The van der Waals surface area contributed by atoms with Crippen LogP contribution in [-0.4, -0.2) is 49.2 Å². The Hall–Kier alpha value is -2.00. The van der Waals surface area contributed by atoms with Crippen LogP contribution in [0, 0.1) is 0 Å². The van der Waals surface area contributed by atoms with E-state index in [9.17, 15) is 18.3 Å². The Morgan fingerprint density at radius 1 is 1.36 bits per heavy atom. The molecule has 2 N–H and O–H groups in total. The van der Waals surface area contributed by atoms with E-state index >= 15 is 0 Å². The van der Waals surface area contributed by atoms with E-state index in [1.807, 2.05) is 0 Å². The molecule has 1 aromatic carbocycles. The van der Waals surface area contributed by atoms with Crippen LogP contribution in [0.15, 0.2) is 24.3 Å². The third-order valence-electron chi connectivity index (χ3n) is 3.57. The first-order valence-electron chi connectivity index (χ1n) is 8.04. The van der Waals surface area contributed by atoms with E-state index in [4.69, 9.17) is 8.92 Å². The maximum absolute atomic E-state index is 12.2. The summed E-state index contributed by atoms with van der Waals surface area (Å²) in [5.74, 6) is -0.436. The van der Waals surface area contributed by atoms with Gasteiger partial charge in [0.05, 0.1) is 0 Å². The summed E-state index contributed by atoms with van der Waals surface area (Å²) in [6, 6.07) is 5.46. The minimum Gasteiger partial charge on any atom is -0.504 e. The van der Waals surface area contributed by atoms with E-state index < -0.39 is 22.0 Å². The lowest BCUT2D eigenvalue weighted by molar-refractivity contribution is 0.0229. The summed E-state index contributed by atoms with van der Waals surface area (Å²) in [4.78, 5) is 13.7. The van der Waals surface area contributed by atoms with E-state index in [-0.39, 0.29) is 24.1 Å². The highest BCUT2D eigenvalue weighted by atomic mass is 32.2. The molecule has 25 heavy (non-hydrogen) atoms. The Bertz CT molecular complexity index is 714. The first-order chi connectivity index (χ1) is 11.6. The summed E-state index contributed by atoms with van der Waals surface area (Å²) in [6.45, 7) is 5.85. The molecule has 0 aromatic heterocycles. The molecule has 1 heterocycles.